The average Bonchev–Trinajstić information content (AvgIpc) is 3.34. The summed E-state index contributed by atoms with van der Waals surface area (Å²) in [6, 6.07) is 12.3. The lowest BCUT2D eigenvalue weighted by molar-refractivity contribution is 0.0684. The molecule has 0 unspecified atom stereocenters. The Labute approximate surface area is 207 Å². The summed E-state index contributed by atoms with van der Waals surface area (Å²) in [7, 11) is 0. The van der Waals surface area contributed by atoms with Gasteiger partial charge in [0.2, 0.25) is 5.95 Å². The lowest BCUT2D eigenvalue weighted by Crippen LogP contribution is -2.17. The highest BCUT2D eigenvalue weighted by atomic mass is 35.5. The van der Waals surface area contributed by atoms with Gasteiger partial charge in [-0.1, -0.05) is 55.3 Å². The molecule has 1 aromatic heterocycles. The molecule has 1 aliphatic rings. The van der Waals surface area contributed by atoms with Gasteiger partial charge in [0.1, 0.15) is 0 Å². The van der Waals surface area contributed by atoms with Gasteiger partial charge in [-0.25, -0.2) is 9.78 Å². The molecule has 3 aromatic rings. The van der Waals surface area contributed by atoms with E-state index in [1.807, 2.05) is 35.8 Å². The second-order valence-corrected chi connectivity index (χ2v) is 9.16. The molecule has 6 nitrogen and oxygen atoms in total. The monoisotopic (exact) mass is 482 g/mol. The van der Waals surface area contributed by atoms with Crippen molar-refractivity contribution in [1.82, 2.24) is 14.9 Å². The van der Waals surface area contributed by atoms with E-state index in [4.69, 9.17) is 11.6 Å². The zero-order valence-electron chi connectivity index (χ0n) is 20.8. The molecular weight excluding hydrogens is 448 g/mol. The van der Waals surface area contributed by atoms with Crippen LogP contribution in [0, 0.1) is 20.8 Å². The number of nitrogens with one attached hydrogen (secondary N) is 1. The number of carbonyl (C=O) groups is 1. The molecule has 2 aromatic carbocycles. The second kappa shape index (κ2) is 11.5. The molecule has 0 saturated heterocycles. The van der Waals surface area contributed by atoms with Crippen molar-refractivity contribution in [2.24, 2.45) is 0 Å². The van der Waals surface area contributed by atoms with Crippen molar-refractivity contribution in [1.29, 1.82) is 0 Å². The Morgan fingerprint density at radius 2 is 1.74 bits per heavy atom. The van der Waals surface area contributed by atoms with Crippen molar-refractivity contribution >= 4 is 29.2 Å². The Bertz CT molecular complexity index is 1120. The van der Waals surface area contributed by atoms with Gasteiger partial charge in [0.05, 0.1) is 5.69 Å². The van der Waals surface area contributed by atoms with Crippen LogP contribution in [0.4, 0.5) is 11.6 Å². The number of aromatic nitrogens is 2. The maximum absolute atomic E-state index is 11.5. The summed E-state index contributed by atoms with van der Waals surface area (Å²) in [6.07, 6.45) is 1.80. The number of hydrogen-bond donors (Lipinski definition) is 2. The quantitative estimate of drug-likeness (QED) is 0.400. The van der Waals surface area contributed by atoms with Crippen LogP contribution < -0.4 is 10.2 Å². The van der Waals surface area contributed by atoms with Crippen LogP contribution >= 0.6 is 11.6 Å². The van der Waals surface area contributed by atoms with Crippen LogP contribution in [0.3, 0.4) is 0 Å². The molecule has 4 rings (SSSR count). The highest BCUT2D eigenvalue weighted by Crippen LogP contribution is 2.36. The van der Waals surface area contributed by atoms with E-state index in [2.05, 4.69) is 55.0 Å². The SMILES string of the molecule is CCCNCc1ccc(Cl)cc1.CCc1nc2n(c1C(=O)O)CCN2c1c(C)cc(C)cc1C. The maximum Gasteiger partial charge on any atom is 0.354 e. The van der Waals surface area contributed by atoms with Gasteiger partial charge in [0, 0.05) is 30.3 Å². The molecule has 0 radical (unpaired) electrons. The summed E-state index contributed by atoms with van der Waals surface area (Å²) in [4.78, 5) is 18.3. The Morgan fingerprint density at radius 1 is 1.09 bits per heavy atom. The van der Waals surface area contributed by atoms with Crippen LogP contribution in [0.15, 0.2) is 36.4 Å². The Hall–Kier alpha value is -2.83. The molecule has 7 heteroatoms. The number of aromatic carboxylic acids is 1. The third kappa shape index (κ3) is 5.80. The van der Waals surface area contributed by atoms with Crippen molar-refractivity contribution in [3.8, 4) is 0 Å². The molecule has 2 heterocycles. The molecule has 0 spiro atoms. The maximum atomic E-state index is 11.5. The second-order valence-electron chi connectivity index (χ2n) is 8.72. The molecule has 0 saturated carbocycles. The molecule has 0 bridgehead atoms. The molecule has 182 valence electrons. The zero-order valence-corrected chi connectivity index (χ0v) is 21.5. The first-order valence-corrected chi connectivity index (χ1v) is 12.3. The lowest BCUT2D eigenvalue weighted by Gasteiger charge is -2.22. The Kier molecular flexibility index (Phi) is 8.75. The number of carboxylic acid groups (broad SMARTS) is 1. The fourth-order valence-electron chi connectivity index (χ4n) is 4.51. The molecule has 0 fully saturated rings. The van der Waals surface area contributed by atoms with Gasteiger partial charge in [-0.2, -0.15) is 0 Å². The molecule has 0 aliphatic carbocycles. The standard InChI is InChI=1S/C17H21N3O2.C10H14ClN/c1-5-13-15(16(21)22)20-7-6-19(17(20)18-13)14-11(3)8-10(2)9-12(14)4;1-2-7-12-8-9-3-5-10(11)6-4-9/h8-9H,5-7H2,1-4H3,(H,21,22);3-6,12H,2,7-8H2,1H3. The van der Waals surface area contributed by atoms with Crippen LogP contribution in [0.2, 0.25) is 5.02 Å². The minimum Gasteiger partial charge on any atom is -0.477 e. The number of benzene rings is 2. The van der Waals surface area contributed by atoms with E-state index in [0.717, 1.165) is 36.3 Å². The van der Waals surface area contributed by atoms with Crippen LogP contribution in [0.1, 0.15) is 58.7 Å². The predicted molar refractivity (Wildman–Crippen MR) is 140 cm³/mol. The molecule has 0 atom stereocenters. The Balaban J connectivity index is 0.000000229. The summed E-state index contributed by atoms with van der Waals surface area (Å²) >= 11 is 5.75. The first-order valence-electron chi connectivity index (χ1n) is 11.9. The topological polar surface area (TPSA) is 70.4 Å². The third-order valence-corrected chi connectivity index (χ3v) is 6.17. The smallest absolute Gasteiger partial charge is 0.354 e. The third-order valence-electron chi connectivity index (χ3n) is 5.92. The number of rotatable bonds is 7. The van der Waals surface area contributed by atoms with Gasteiger partial charge < -0.3 is 19.9 Å². The number of aryl methyl sites for hydroxylation is 4. The van der Waals surface area contributed by atoms with Gasteiger partial charge in [-0.15, -0.1) is 0 Å². The summed E-state index contributed by atoms with van der Waals surface area (Å²) < 4.78 is 1.83. The minimum atomic E-state index is -0.894. The number of halogens is 1. The van der Waals surface area contributed by atoms with Crippen molar-refractivity contribution in [3.05, 3.63) is 75.1 Å². The fourth-order valence-corrected chi connectivity index (χ4v) is 4.64. The number of imidazole rings is 1. The summed E-state index contributed by atoms with van der Waals surface area (Å²) in [6.45, 7) is 13.8. The zero-order chi connectivity index (χ0) is 24.8. The van der Waals surface area contributed by atoms with E-state index < -0.39 is 5.97 Å². The summed E-state index contributed by atoms with van der Waals surface area (Å²) in [5.74, 6) is -0.140. The van der Waals surface area contributed by atoms with E-state index in [1.54, 1.807) is 0 Å². The van der Waals surface area contributed by atoms with Crippen LogP contribution in [-0.4, -0.2) is 33.7 Å². The van der Waals surface area contributed by atoms with E-state index in [9.17, 15) is 9.90 Å². The number of hydrogen-bond acceptors (Lipinski definition) is 4. The number of anilines is 2. The van der Waals surface area contributed by atoms with Crippen LogP contribution in [0.25, 0.3) is 0 Å². The van der Waals surface area contributed by atoms with E-state index in [0.29, 0.717) is 24.4 Å². The largest absolute Gasteiger partial charge is 0.477 e. The summed E-state index contributed by atoms with van der Waals surface area (Å²) in [5, 5.41) is 13.6. The summed E-state index contributed by atoms with van der Waals surface area (Å²) in [5.41, 5.74) is 7.06. The first kappa shape index (κ1) is 25.8. The van der Waals surface area contributed by atoms with Gasteiger partial charge in [0.25, 0.3) is 0 Å². The molecule has 0 amide bonds. The van der Waals surface area contributed by atoms with Gasteiger partial charge in [0.15, 0.2) is 5.69 Å². The minimum absolute atomic E-state index is 0.336. The number of nitrogens with zero attached hydrogens (tertiary/aromatic N) is 3. The van der Waals surface area contributed by atoms with Crippen molar-refractivity contribution in [2.45, 2.75) is 60.5 Å². The number of fused-ring (bicyclic) bond motifs is 1. The average molecular weight is 483 g/mol. The van der Waals surface area contributed by atoms with Crippen LogP contribution in [0.5, 0.6) is 0 Å². The predicted octanol–water partition coefficient (Wildman–Crippen LogP) is 6.06. The Morgan fingerprint density at radius 3 is 2.29 bits per heavy atom. The van der Waals surface area contributed by atoms with Crippen molar-refractivity contribution in [2.75, 3.05) is 18.0 Å². The molecule has 2 N–H and O–H groups in total. The van der Waals surface area contributed by atoms with E-state index in [1.165, 1.54) is 28.7 Å². The fraction of sp³-hybridized carbons (Fsp3) is 0.407. The highest BCUT2D eigenvalue weighted by Gasteiger charge is 2.31. The number of carboxylic acids is 1. The van der Waals surface area contributed by atoms with Gasteiger partial charge >= 0.3 is 5.97 Å². The van der Waals surface area contributed by atoms with Gasteiger partial charge in [-0.3, -0.25) is 0 Å². The van der Waals surface area contributed by atoms with Crippen molar-refractivity contribution < 1.29 is 9.90 Å². The normalized spacial score (nSPS) is 12.4. The highest BCUT2D eigenvalue weighted by molar-refractivity contribution is 6.30. The lowest BCUT2D eigenvalue weighted by atomic mass is 10.0. The van der Waals surface area contributed by atoms with E-state index in [-0.39, 0.29) is 0 Å². The molecular formula is C27H35ClN4O2. The van der Waals surface area contributed by atoms with Crippen LogP contribution in [-0.2, 0) is 19.5 Å². The molecule has 1 aliphatic heterocycles. The first-order chi connectivity index (χ1) is 16.3. The van der Waals surface area contributed by atoms with Crippen molar-refractivity contribution in [3.63, 3.8) is 0 Å². The van der Waals surface area contributed by atoms with Gasteiger partial charge in [-0.05, 0) is 69.0 Å². The molecule has 34 heavy (non-hydrogen) atoms. The van der Waals surface area contributed by atoms with E-state index >= 15 is 0 Å².